The van der Waals surface area contributed by atoms with E-state index in [2.05, 4.69) is 24.5 Å². The van der Waals surface area contributed by atoms with E-state index in [1.165, 1.54) is 0 Å². The predicted octanol–water partition coefficient (Wildman–Crippen LogP) is 2.83. The Morgan fingerprint density at radius 2 is 2.00 bits per heavy atom. The topological polar surface area (TPSA) is 27.3 Å². The van der Waals surface area contributed by atoms with E-state index in [1.54, 1.807) is 6.07 Å². The molecular formula is C15H24FN3. The van der Waals surface area contributed by atoms with Crippen LogP contribution in [0.5, 0.6) is 0 Å². The maximum Gasteiger partial charge on any atom is 0.148 e. The highest BCUT2D eigenvalue weighted by Crippen LogP contribution is 2.24. The zero-order valence-electron chi connectivity index (χ0n) is 12.0. The molecule has 1 fully saturated rings. The van der Waals surface area contributed by atoms with E-state index in [0.717, 1.165) is 31.6 Å². The smallest absolute Gasteiger partial charge is 0.148 e. The van der Waals surface area contributed by atoms with Crippen molar-refractivity contribution < 1.29 is 4.39 Å². The van der Waals surface area contributed by atoms with Crippen LogP contribution in [0.15, 0.2) is 18.2 Å². The number of rotatable bonds is 4. The highest BCUT2D eigenvalue weighted by Gasteiger charge is 2.15. The third-order valence-corrected chi connectivity index (χ3v) is 3.81. The van der Waals surface area contributed by atoms with Crippen LogP contribution < -0.4 is 15.5 Å². The standard InChI is InChI=1S/C15H24FN3/c1-11(2)19(3)15-5-4-13(10-14(15)16)18-12-6-8-17-9-7-12/h4-5,10-12,17-18H,6-9H2,1-3H3. The van der Waals surface area contributed by atoms with Gasteiger partial charge in [0.1, 0.15) is 5.82 Å². The molecule has 0 atom stereocenters. The van der Waals surface area contributed by atoms with Gasteiger partial charge in [-0.1, -0.05) is 0 Å². The highest BCUT2D eigenvalue weighted by molar-refractivity contribution is 5.56. The summed E-state index contributed by atoms with van der Waals surface area (Å²) < 4.78 is 14.1. The molecule has 0 spiro atoms. The number of benzene rings is 1. The first-order chi connectivity index (χ1) is 9.08. The van der Waals surface area contributed by atoms with Crippen molar-refractivity contribution >= 4 is 11.4 Å². The Morgan fingerprint density at radius 3 is 2.58 bits per heavy atom. The Balaban J connectivity index is 2.05. The number of hydrogen-bond donors (Lipinski definition) is 2. The van der Waals surface area contributed by atoms with Crippen LogP contribution in [0.3, 0.4) is 0 Å². The normalized spacial score (nSPS) is 16.7. The fraction of sp³-hybridized carbons (Fsp3) is 0.600. The predicted molar refractivity (Wildman–Crippen MR) is 79.5 cm³/mol. The third-order valence-electron chi connectivity index (χ3n) is 3.81. The summed E-state index contributed by atoms with van der Waals surface area (Å²) in [4.78, 5) is 1.95. The summed E-state index contributed by atoms with van der Waals surface area (Å²) in [5.41, 5.74) is 1.54. The number of nitrogens with zero attached hydrogens (tertiary/aromatic N) is 1. The third kappa shape index (κ3) is 3.60. The van der Waals surface area contributed by atoms with Gasteiger partial charge in [-0.25, -0.2) is 4.39 Å². The molecule has 1 aromatic rings. The lowest BCUT2D eigenvalue weighted by Crippen LogP contribution is -2.35. The Labute approximate surface area is 115 Å². The van der Waals surface area contributed by atoms with Crippen molar-refractivity contribution in [2.45, 2.75) is 38.8 Å². The Hall–Kier alpha value is -1.29. The average Bonchev–Trinajstić information content (AvgIpc) is 2.39. The van der Waals surface area contributed by atoms with Crippen LogP contribution in [0, 0.1) is 5.82 Å². The van der Waals surface area contributed by atoms with Gasteiger partial charge in [0.2, 0.25) is 0 Å². The molecule has 1 heterocycles. The van der Waals surface area contributed by atoms with E-state index >= 15 is 0 Å². The molecule has 1 aliphatic heterocycles. The fourth-order valence-electron chi connectivity index (χ4n) is 2.36. The monoisotopic (exact) mass is 265 g/mol. The summed E-state index contributed by atoms with van der Waals surface area (Å²) in [6.45, 7) is 6.18. The van der Waals surface area contributed by atoms with Crippen LogP contribution >= 0.6 is 0 Å². The second-order valence-corrected chi connectivity index (χ2v) is 5.54. The van der Waals surface area contributed by atoms with E-state index in [4.69, 9.17) is 0 Å². The Kier molecular flexibility index (Phi) is 4.64. The van der Waals surface area contributed by atoms with Crippen LogP contribution in [0.4, 0.5) is 15.8 Å². The van der Waals surface area contributed by atoms with Crippen LogP contribution in [-0.2, 0) is 0 Å². The molecule has 0 saturated carbocycles. The van der Waals surface area contributed by atoms with Gasteiger partial charge in [0.25, 0.3) is 0 Å². The first-order valence-electron chi connectivity index (χ1n) is 7.07. The molecule has 4 heteroatoms. The molecule has 2 rings (SSSR count). The number of anilines is 2. The van der Waals surface area contributed by atoms with Crippen LogP contribution in [0.1, 0.15) is 26.7 Å². The second kappa shape index (κ2) is 6.24. The molecule has 0 aromatic heterocycles. The number of piperidine rings is 1. The van der Waals surface area contributed by atoms with Crippen molar-refractivity contribution in [2.75, 3.05) is 30.4 Å². The molecule has 1 aromatic carbocycles. The summed E-state index contributed by atoms with van der Waals surface area (Å²) in [6.07, 6.45) is 2.19. The van der Waals surface area contributed by atoms with Crippen molar-refractivity contribution in [2.24, 2.45) is 0 Å². The molecule has 0 unspecified atom stereocenters. The van der Waals surface area contributed by atoms with E-state index < -0.39 is 0 Å². The minimum atomic E-state index is -0.157. The molecule has 106 valence electrons. The number of nitrogens with one attached hydrogen (secondary N) is 2. The maximum absolute atomic E-state index is 14.1. The summed E-state index contributed by atoms with van der Waals surface area (Å²) in [7, 11) is 1.92. The van der Waals surface area contributed by atoms with Gasteiger partial charge >= 0.3 is 0 Å². The van der Waals surface area contributed by atoms with Crippen molar-refractivity contribution in [1.82, 2.24) is 5.32 Å². The van der Waals surface area contributed by atoms with Gasteiger partial charge in [-0.15, -0.1) is 0 Å². The molecule has 0 radical (unpaired) electrons. The van der Waals surface area contributed by atoms with E-state index in [1.807, 2.05) is 24.1 Å². The van der Waals surface area contributed by atoms with Crippen molar-refractivity contribution in [1.29, 1.82) is 0 Å². The first-order valence-corrected chi connectivity index (χ1v) is 7.07. The zero-order valence-corrected chi connectivity index (χ0v) is 12.0. The maximum atomic E-state index is 14.1. The average molecular weight is 265 g/mol. The molecule has 2 N–H and O–H groups in total. The molecule has 0 amide bonds. The Bertz CT molecular complexity index is 414. The van der Waals surface area contributed by atoms with Crippen molar-refractivity contribution in [3.63, 3.8) is 0 Å². The summed E-state index contributed by atoms with van der Waals surface area (Å²) in [6, 6.07) is 6.18. The lowest BCUT2D eigenvalue weighted by atomic mass is 10.1. The minimum absolute atomic E-state index is 0.157. The molecule has 0 bridgehead atoms. The molecule has 19 heavy (non-hydrogen) atoms. The Morgan fingerprint density at radius 1 is 1.32 bits per heavy atom. The van der Waals surface area contributed by atoms with Gasteiger partial charge in [0.15, 0.2) is 0 Å². The molecule has 1 aliphatic rings. The minimum Gasteiger partial charge on any atom is -0.382 e. The van der Waals surface area contributed by atoms with Crippen LogP contribution in [-0.4, -0.2) is 32.2 Å². The molecule has 0 aliphatic carbocycles. The van der Waals surface area contributed by atoms with Crippen molar-refractivity contribution in [3.8, 4) is 0 Å². The quantitative estimate of drug-likeness (QED) is 0.876. The van der Waals surface area contributed by atoms with Gasteiger partial charge in [0, 0.05) is 24.8 Å². The lowest BCUT2D eigenvalue weighted by Gasteiger charge is -2.27. The highest BCUT2D eigenvalue weighted by atomic mass is 19.1. The van der Waals surface area contributed by atoms with Gasteiger partial charge < -0.3 is 15.5 Å². The first kappa shape index (κ1) is 14.1. The second-order valence-electron chi connectivity index (χ2n) is 5.54. The lowest BCUT2D eigenvalue weighted by molar-refractivity contribution is 0.479. The number of halogens is 1. The molecule has 1 saturated heterocycles. The van der Waals surface area contributed by atoms with E-state index in [9.17, 15) is 4.39 Å². The van der Waals surface area contributed by atoms with Gasteiger partial charge in [-0.05, 0) is 58.0 Å². The fourth-order valence-corrected chi connectivity index (χ4v) is 2.36. The van der Waals surface area contributed by atoms with Crippen LogP contribution in [0.25, 0.3) is 0 Å². The number of hydrogen-bond acceptors (Lipinski definition) is 3. The SMILES string of the molecule is CC(C)N(C)c1ccc(NC2CCNCC2)cc1F. The van der Waals surface area contributed by atoms with E-state index in [-0.39, 0.29) is 11.9 Å². The largest absolute Gasteiger partial charge is 0.382 e. The molecular weight excluding hydrogens is 241 g/mol. The molecule has 3 nitrogen and oxygen atoms in total. The van der Waals surface area contributed by atoms with Gasteiger partial charge in [0.05, 0.1) is 5.69 Å². The van der Waals surface area contributed by atoms with Crippen LogP contribution in [0.2, 0.25) is 0 Å². The van der Waals surface area contributed by atoms with E-state index in [0.29, 0.717) is 11.7 Å². The summed E-state index contributed by atoms with van der Waals surface area (Å²) in [5, 5.41) is 6.75. The summed E-state index contributed by atoms with van der Waals surface area (Å²) >= 11 is 0. The van der Waals surface area contributed by atoms with Crippen molar-refractivity contribution in [3.05, 3.63) is 24.0 Å². The van der Waals surface area contributed by atoms with Gasteiger partial charge in [-0.2, -0.15) is 0 Å². The zero-order chi connectivity index (χ0) is 13.8. The van der Waals surface area contributed by atoms with Gasteiger partial charge in [-0.3, -0.25) is 0 Å². The summed E-state index contributed by atoms with van der Waals surface area (Å²) in [5.74, 6) is -0.157.